The fourth-order valence-corrected chi connectivity index (χ4v) is 5.51. The summed E-state index contributed by atoms with van der Waals surface area (Å²) in [4.78, 5) is 12.4. The Balaban J connectivity index is 1.41. The number of halogens is 1. The highest BCUT2D eigenvalue weighted by Gasteiger charge is 2.28. The van der Waals surface area contributed by atoms with Crippen molar-refractivity contribution in [1.29, 1.82) is 0 Å². The van der Waals surface area contributed by atoms with E-state index in [9.17, 15) is 13.2 Å². The molecule has 0 aromatic heterocycles. The highest BCUT2D eigenvalue weighted by Crippen LogP contribution is 2.31. The van der Waals surface area contributed by atoms with Gasteiger partial charge in [0.2, 0.25) is 10.0 Å². The van der Waals surface area contributed by atoms with E-state index in [1.807, 2.05) is 37.3 Å². The SMILES string of the molecule is CCOc1ccccc1NC(=O)COc1ccc(S(=O)(=O)N2CCc3ccccc3C2)cc1Cl. The third-order valence-corrected chi connectivity index (χ3v) is 7.59. The van der Waals surface area contributed by atoms with Crippen molar-refractivity contribution in [3.8, 4) is 11.5 Å². The lowest BCUT2D eigenvalue weighted by Crippen LogP contribution is -2.35. The maximum atomic E-state index is 13.2. The first-order valence-corrected chi connectivity index (χ1v) is 12.7. The molecule has 1 amide bonds. The number of fused-ring (bicyclic) bond motifs is 1. The summed E-state index contributed by atoms with van der Waals surface area (Å²) in [5, 5.41) is 2.85. The zero-order valence-corrected chi connectivity index (χ0v) is 20.2. The van der Waals surface area contributed by atoms with E-state index in [1.54, 1.807) is 18.2 Å². The van der Waals surface area contributed by atoms with Gasteiger partial charge in [0.15, 0.2) is 6.61 Å². The van der Waals surface area contributed by atoms with Gasteiger partial charge < -0.3 is 14.8 Å². The van der Waals surface area contributed by atoms with Crippen LogP contribution in [0.1, 0.15) is 18.1 Å². The molecule has 0 aliphatic carbocycles. The first-order chi connectivity index (χ1) is 16.4. The lowest BCUT2D eigenvalue weighted by atomic mass is 10.0. The van der Waals surface area contributed by atoms with Crippen LogP contribution in [0, 0.1) is 0 Å². The van der Waals surface area contributed by atoms with E-state index in [0.29, 0.717) is 37.6 Å². The van der Waals surface area contributed by atoms with Gasteiger partial charge in [-0.3, -0.25) is 4.79 Å². The molecule has 0 spiro atoms. The minimum absolute atomic E-state index is 0.0827. The molecule has 0 bridgehead atoms. The zero-order chi connectivity index (χ0) is 24.1. The summed E-state index contributed by atoms with van der Waals surface area (Å²) in [6, 6.07) is 19.2. The van der Waals surface area contributed by atoms with E-state index in [-0.39, 0.29) is 22.3 Å². The summed E-state index contributed by atoms with van der Waals surface area (Å²) < 4.78 is 38.8. The second kappa shape index (κ2) is 10.5. The molecule has 1 N–H and O–H groups in total. The number of carbonyl (C=O) groups is 1. The molecule has 7 nitrogen and oxygen atoms in total. The van der Waals surface area contributed by atoms with E-state index >= 15 is 0 Å². The van der Waals surface area contributed by atoms with Crippen molar-refractivity contribution in [2.45, 2.75) is 24.8 Å². The Hall–Kier alpha value is -3.07. The smallest absolute Gasteiger partial charge is 0.262 e. The first-order valence-electron chi connectivity index (χ1n) is 10.9. The molecule has 3 aromatic carbocycles. The zero-order valence-electron chi connectivity index (χ0n) is 18.7. The summed E-state index contributed by atoms with van der Waals surface area (Å²) in [5.74, 6) is 0.385. The second-order valence-corrected chi connectivity index (χ2v) is 10.1. The Morgan fingerprint density at radius 1 is 1.00 bits per heavy atom. The Morgan fingerprint density at radius 2 is 1.74 bits per heavy atom. The molecule has 1 aliphatic heterocycles. The summed E-state index contributed by atoms with van der Waals surface area (Å²) in [6.07, 6.45) is 0.659. The molecule has 1 aliphatic rings. The maximum Gasteiger partial charge on any atom is 0.262 e. The number of nitrogens with one attached hydrogen (secondary N) is 1. The lowest BCUT2D eigenvalue weighted by molar-refractivity contribution is -0.118. The molecule has 0 unspecified atom stereocenters. The average Bonchev–Trinajstić information content (AvgIpc) is 2.84. The van der Waals surface area contributed by atoms with E-state index in [4.69, 9.17) is 21.1 Å². The van der Waals surface area contributed by atoms with Gasteiger partial charge in [-0.1, -0.05) is 48.0 Å². The van der Waals surface area contributed by atoms with Crippen LogP contribution in [-0.2, 0) is 27.8 Å². The van der Waals surface area contributed by atoms with Crippen molar-refractivity contribution >= 4 is 33.2 Å². The van der Waals surface area contributed by atoms with Crippen LogP contribution in [0.25, 0.3) is 0 Å². The number of para-hydroxylation sites is 2. The number of anilines is 1. The van der Waals surface area contributed by atoms with Crippen molar-refractivity contribution in [2.24, 2.45) is 0 Å². The van der Waals surface area contributed by atoms with Crippen molar-refractivity contribution in [3.63, 3.8) is 0 Å². The third-order valence-electron chi connectivity index (χ3n) is 5.46. The summed E-state index contributed by atoms with van der Waals surface area (Å²) >= 11 is 6.31. The Bertz CT molecular complexity index is 1300. The molecule has 1 heterocycles. The Kier molecular flexibility index (Phi) is 7.41. The fourth-order valence-electron chi connectivity index (χ4n) is 3.76. The van der Waals surface area contributed by atoms with E-state index in [1.165, 1.54) is 22.5 Å². The van der Waals surface area contributed by atoms with Crippen molar-refractivity contribution in [1.82, 2.24) is 4.31 Å². The van der Waals surface area contributed by atoms with E-state index in [0.717, 1.165) is 11.1 Å². The minimum atomic E-state index is -3.73. The lowest BCUT2D eigenvalue weighted by Gasteiger charge is -2.28. The van der Waals surface area contributed by atoms with Gasteiger partial charge in [0.05, 0.1) is 22.2 Å². The maximum absolute atomic E-state index is 13.2. The highest BCUT2D eigenvalue weighted by molar-refractivity contribution is 7.89. The number of carbonyl (C=O) groups excluding carboxylic acids is 1. The van der Waals surface area contributed by atoms with Crippen molar-refractivity contribution in [2.75, 3.05) is 25.1 Å². The number of benzene rings is 3. The van der Waals surface area contributed by atoms with Gasteiger partial charge in [0.25, 0.3) is 5.91 Å². The standard InChI is InChI=1S/C25H25ClN2O5S/c1-2-32-24-10-6-5-9-22(24)27-25(29)17-33-23-12-11-20(15-21(23)26)34(30,31)28-14-13-18-7-3-4-8-19(18)16-28/h3-12,15H,2,13-14,16-17H2,1H3,(H,27,29). The van der Waals surface area contributed by atoms with Crippen molar-refractivity contribution < 1.29 is 22.7 Å². The summed E-state index contributed by atoms with van der Waals surface area (Å²) in [7, 11) is -3.73. The van der Waals surface area contributed by atoms with Crippen LogP contribution in [0.3, 0.4) is 0 Å². The molecule has 0 atom stereocenters. The van der Waals surface area contributed by atoms with Crippen LogP contribution >= 0.6 is 11.6 Å². The van der Waals surface area contributed by atoms with Crippen LogP contribution in [0.5, 0.6) is 11.5 Å². The molecule has 9 heteroatoms. The van der Waals surface area contributed by atoms with E-state index < -0.39 is 15.9 Å². The normalized spacial score (nSPS) is 13.7. The quantitative estimate of drug-likeness (QED) is 0.492. The third kappa shape index (κ3) is 5.35. The summed E-state index contributed by atoms with van der Waals surface area (Å²) in [6.45, 7) is 2.75. The number of sulfonamides is 1. The fraction of sp³-hybridized carbons (Fsp3) is 0.240. The van der Waals surface area contributed by atoms with Gasteiger partial charge in [-0.2, -0.15) is 4.31 Å². The Morgan fingerprint density at radius 3 is 2.50 bits per heavy atom. The number of hydrogen-bond acceptors (Lipinski definition) is 5. The Labute approximate surface area is 204 Å². The second-order valence-electron chi connectivity index (χ2n) is 7.72. The molecule has 178 valence electrons. The highest BCUT2D eigenvalue weighted by atomic mass is 35.5. The largest absolute Gasteiger partial charge is 0.492 e. The van der Waals surface area contributed by atoms with E-state index in [2.05, 4.69) is 5.32 Å². The molecule has 0 fully saturated rings. The van der Waals surface area contributed by atoms with Gasteiger partial charge in [-0.25, -0.2) is 8.42 Å². The first kappa shape index (κ1) is 24.1. The molecule has 4 rings (SSSR count). The average molecular weight is 501 g/mol. The summed E-state index contributed by atoms with van der Waals surface area (Å²) in [5.41, 5.74) is 2.70. The molecule has 3 aromatic rings. The monoisotopic (exact) mass is 500 g/mol. The molecule has 0 saturated heterocycles. The van der Waals surface area contributed by atoms with Crippen molar-refractivity contribution in [3.05, 3.63) is 82.9 Å². The van der Waals surface area contributed by atoms with Gasteiger partial charge in [-0.05, 0) is 54.8 Å². The topological polar surface area (TPSA) is 84.9 Å². The van der Waals surface area contributed by atoms with Gasteiger partial charge in [0.1, 0.15) is 11.5 Å². The molecular formula is C25H25ClN2O5S. The molecule has 0 radical (unpaired) electrons. The predicted octanol–water partition coefficient (Wildman–Crippen LogP) is 4.50. The van der Waals surface area contributed by atoms with Crippen LogP contribution in [0.4, 0.5) is 5.69 Å². The predicted molar refractivity (Wildman–Crippen MR) is 131 cm³/mol. The van der Waals surface area contributed by atoms with Crippen LogP contribution in [0.2, 0.25) is 5.02 Å². The molecular weight excluding hydrogens is 476 g/mol. The van der Waals surface area contributed by atoms with Gasteiger partial charge in [-0.15, -0.1) is 0 Å². The van der Waals surface area contributed by atoms with Crippen LogP contribution in [0.15, 0.2) is 71.6 Å². The van der Waals surface area contributed by atoms with Gasteiger partial charge in [0, 0.05) is 13.1 Å². The number of ether oxygens (including phenoxy) is 2. The minimum Gasteiger partial charge on any atom is -0.492 e. The number of amides is 1. The number of rotatable bonds is 8. The van der Waals surface area contributed by atoms with Crippen LogP contribution in [-0.4, -0.2) is 38.4 Å². The van der Waals surface area contributed by atoms with Crippen LogP contribution < -0.4 is 14.8 Å². The molecule has 0 saturated carbocycles. The number of nitrogens with zero attached hydrogens (tertiary/aromatic N) is 1. The molecule has 34 heavy (non-hydrogen) atoms. The van der Waals surface area contributed by atoms with Gasteiger partial charge >= 0.3 is 0 Å². The number of hydrogen-bond donors (Lipinski definition) is 1.